The van der Waals surface area contributed by atoms with Gasteiger partial charge in [0.25, 0.3) is 0 Å². The van der Waals surface area contributed by atoms with E-state index in [9.17, 15) is 15.0 Å². The van der Waals surface area contributed by atoms with Crippen molar-refractivity contribution in [3.05, 3.63) is 47.8 Å². The van der Waals surface area contributed by atoms with Crippen LogP contribution in [0, 0.1) is 5.82 Å². The van der Waals surface area contributed by atoms with Crippen LogP contribution in [0.5, 0.6) is 17.5 Å². The number of piperazine rings is 1. The van der Waals surface area contributed by atoms with Gasteiger partial charge in [-0.25, -0.2) is 4.39 Å². The third-order valence-corrected chi connectivity index (χ3v) is 7.59. The van der Waals surface area contributed by atoms with Crippen LogP contribution in [0.1, 0.15) is 27.7 Å². The largest absolute Gasteiger partial charge is 0.507 e. The van der Waals surface area contributed by atoms with Crippen molar-refractivity contribution in [1.29, 1.82) is 0 Å². The number of carbonyl (C=O) groups is 1. The summed E-state index contributed by atoms with van der Waals surface area (Å²) in [6, 6.07) is 5.31. The maximum Gasteiger partial charge on any atom is 0.319 e. The van der Waals surface area contributed by atoms with Crippen LogP contribution in [-0.4, -0.2) is 87.3 Å². The smallest absolute Gasteiger partial charge is 0.319 e. The predicted octanol–water partition coefficient (Wildman–Crippen LogP) is 4.83. The van der Waals surface area contributed by atoms with Crippen molar-refractivity contribution in [1.82, 2.24) is 19.8 Å². The molecular formula is C29H35ClFN5O4. The van der Waals surface area contributed by atoms with Gasteiger partial charge >= 0.3 is 6.01 Å². The van der Waals surface area contributed by atoms with E-state index in [1.165, 1.54) is 30.3 Å². The molecule has 214 valence electrons. The summed E-state index contributed by atoms with van der Waals surface area (Å²) in [5.74, 6) is -1.21. The molecule has 1 saturated heterocycles. The molecule has 11 heteroatoms. The molecule has 9 nitrogen and oxygen atoms in total. The van der Waals surface area contributed by atoms with Crippen molar-refractivity contribution in [2.45, 2.75) is 39.8 Å². The minimum atomic E-state index is -0.821. The van der Waals surface area contributed by atoms with Gasteiger partial charge in [-0.05, 0) is 51.2 Å². The number of halogens is 2. The molecular weight excluding hydrogens is 537 g/mol. The van der Waals surface area contributed by atoms with Gasteiger partial charge in [0.15, 0.2) is 5.82 Å². The van der Waals surface area contributed by atoms with Crippen molar-refractivity contribution >= 4 is 34.2 Å². The van der Waals surface area contributed by atoms with Gasteiger partial charge in [-0.15, -0.1) is 0 Å². The average Bonchev–Trinajstić information content (AvgIpc) is 2.92. The lowest BCUT2D eigenvalue weighted by molar-refractivity contribution is -0.130. The normalized spacial score (nSPS) is 17.5. The number of hydrogen-bond donors (Lipinski definition) is 2. The molecule has 3 aromatic rings. The van der Waals surface area contributed by atoms with Crippen LogP contribution >= 0.6 is 11.6 Å². The van der Waals surface area contributed by atoms with Crippen LogP contribution in [0.3, 0.4) is 0 Å². The number of amides is 1. The number of ether oxygens (including phenoxy) is 1. The second kappa shape index (κ2) is 12.3. The standard InChI is InChI=1S/C29H35ClFN5O4/c1-6-23(39)36-17(4)15-35(16-18(36)5)28-19-14-20(30)24(25-21(37)10-9-11-22(25)38)26(31)27(19)32-29(33-28)40-13-12-34(7-2)8-3/h6,9-11,14,17-18,37-38H,1,7-8,12-13,15-16H2,2-5H3/t17-,18+. The zero-order valence-corrected chi connectivity index (χ0v) is 24.0. The maximum atomic E-state index is 16.3. The summed E-state index contributed by atoms with van der Waals surface area (Å²) in [6.45, 7) is 15.1. The maximum absolute atomic E-state index is 16.3. The number of benzene rings is 2. The Labute approximate surface area is 238 Å². The lowest BCUT2D eigenvalue weighted by Gasteiger charge is -2.44. The van der Waals surface area contributed by atoms with Gasteiger partial charge in [-0.1, -0.05) is 38.1 Å². The van der Waals surface area contributed by atoms with E-state index in [1.807, 2.05) is 18.7 Å². The molecule has 1 aromatic heterocycles. The Kier molecular flexibility index (Phi) is 9.00. The van der Waals surface area contributed by atoms with E-state index in [0.29, 0.717) is 37.4 Å². The Hall–Kier alpha value is -3.63. The average molecular weight is 572 g/mol. The molecule has 1 fully saturated rings. The van der Waals surface area contributed by atoms with Gasteiger partial charge in [0.2, 0.25) is 5.91 Å². The number of phenols is 2. The third kappa shape index (κ3) is 5.64. The van der Waals surface area contributed by atoms with Gasteiger partial charge in [-0.2, -0.15) is 9.97 Å². The van der Waals surface area contributed by atoms with E-state index in [0.717, 1.165) is 13.1 Å². The summed E-state index contributed by atoms with van der Waals surface area (Å²) in [5.41, 5.74) is -0.365. The Balaban J connectivity index is 1.85. The highest BCUT2D eigenvalue weighted by Crippen LogP contribution is 2.45. The fourth-order valence-corrected chi connectivity index (χ4v) is 5.61. The number of fused-ring (bicyclic) bond motifs is 1. The summed E-state index contributed by atoms with van der Waals surface area (Å²) in [5, 5.41) is 21.2. The summed E-state index contributed by atoms with van der Waals surface area (Å²) in [4.78, 5) is 27.5. The highest BCUT2D eigenvalue weighted by molar-refractivity contribution is 6.34. The number of phenolic OH excluding ortho intramolecular Hbond substituents is 2. The zero-order valence-electron chi connectivity index (χ0n) is 23.2. The molecule has 2 atom stereocenters. The number of aromatic hydroxyl groups is 2. The third-order valence-electron chi connectivity index (χ3n) is 7.29. The molecule has 0 saturated carbocycles. The SMILES string of the molecule is C=CC(=O)N1[C@H](C)CN(c2nc(OCCN(CC)CC)nc3c(F)c(-c4c(O)cccc4O)c(Cl)cc23)C[C@@H]1C. The van der Waals surface area contributed by atoms with Crippen LogP contribution in [0.25, 0.3) is 22.0 Å². The highest BCUT2D eigenvalue weighted by Gasteiger charge is 2.34. The molecule has 1 amide bonds. The minimum absolute atomic E-state index is 0.00626. The van der Waals surface area contributed by atoms with Crippen LogP contribution < -0.4 is 9.64 Å². The number of likely N-dealkylation sites (N-methyl/N-ethyl adjacent to an activating group) is 1. The topological polar surface area (TPSA) is 102 Å². The number of rotatable bonds is 9. The van der Waals surface area contributed by atoms with Crippen molar-refractivity contribution in [2.24, 2.45) is 0 Å². The second-order valence-corrected chi connectivity index (χ2v) is 10.3. The van der Waals surface area contributed by atoms with E-state index in [-0.39, 0.29) is 57.2 Å². The molecule has 4 rings (SSSR count). The predicted molar refractivity (Wildman–Crippen MR) is 155 cm³/mol. The fourth-order valence-electron chi connectivity index (χ4n) is 5.32. The Morgan fingerprint density at radius 2 is 1.80 bits per heavy atom. The summed E-state index contributed by atoms with van der Waals surface area (Å²) in [6.07, 6.45) is 1.30. The summed E-state index contributed by atoms with van der Waals surface area (Å²) >= 11 is 6.59. The molecule has 0 bridgehead atoms. The molecule has 0 spiro atoms. The van der Waals surface area contributed by atoms with Crippen molar-refractivity contribution < 1.29 is 24.1 Å². The van der Waals surface area contributed by atoms with Crippen molar-refractivity contribution in [3.63, 3.8) is 0 Å². The second-order valence-electron chi connectivity index (χ2n) is 9.87. The van der Waals surface area contributed by atoms with Gasteiger partial charge < -0.3 is 29.6 Å². The van der Waals surface area contributed by atoms with Gasteiger partial charge in [0.1, 0.15) is 29.4 Å². The van der Waals surface area contributed by atoms with E-state index in [1.54, 1.807) is 4.90 Å². The van der Waals surface area contributed by atoms with Gasteiger partial charge in [0, 0.05) is 42.7 Å². The first-order valence-electron chi connectivity index (χ1n) is 13.4. The molecule has 0 radical (unpaired) electrons. The minimum Gasteiger partial charge on any atom is -0.507 e. The zero-order chi connectivity index (χ0) is 29.1. The molecule has 1 aliphatic rings. The Morgan fingerprint density at radius 3 is 2.38 bits per heavy atom. The quantitative estimate of drug-likeness (QED) is 0.352. The first kappa shape index (κ1) is 29.4. The molecule has 0 aliphatic carbocycles. The molecule has 2 heterocycles. The van der Waals surface area contributed by atoms with Crippen LogP contribution in [-0.2, 0) is 4.79 Å². The van der Waals surface area contributed by atoms with Crippen LogP contribution in [0.15, 0.2) is 36.9 Å². The fraction of sp³-hybridized carbons (Fsp3) is 0.414. The number of aromatic nitrogens is 2. The lowest BCUT2D eigenvalue weighted by Crippen LogP contribution is -2.58. The molecule has 2 aromatic carbocycles. The first-order chi connectivity index (χ1) is 19.1. The lowest BCUT2D eigenvalue weighted by atomic mass is 10.00. The molecule has 40 heavy (non-hydrogen) atoms. The molecule has 2 N–H and O–H groups in total. The number of carbonyl (C=O) groups excluding carboxylic acids is 1. The van der Waals surface area contributed by atoms with Crippen LogP contribution in [0.2, 0.25) is 5.02 Å². The summed E-state index contributed by atoms with van der Waals surface area (Å²) < 4.78 is 22.2. The Bertz CT molecular complexity index is 1380. The highest BCUT2D eigenvalue weighted by atomic mass is 35.5. The number of nitrogens with zero attached hydrogens (tertiary/aromatic N) is 5. The van der Waals surface area contributed by atoms with Crippen molar-refractivity contribution in [2.75, 3.05) is 44.2 Å². The van der Waals surface area contributed by atoms with Gasteiger partial charge in [-0.3, -0.25) is 4.79 Å². The monoisotopic (exact) mass is 571 g/mol. The first-order valence-corrected chi connectivity index (χ1v) is 13.7. The van der Waals surface area contributed by atoms with Gasteiger partial charge in [0.05, 0.1) is 10.6 Å². The number of anilines is 1. The van der Waals surface area contributed by atoms with Crippen molar-refractivity contribution in [3.8, 4) is 28.6 Å². The van der Waals surface area contributed by atoms with E-state index in [4.69, 9.17) is 16.3 Å². The molecule has 1 aliphatic heterocycles. The Morgan fingerprint density at radius 1 is 1.18 bits per heavy atom. The van der Waals surface area contributed by atoms with E-state index < -0.39 is 5.82 Å². The van der Waals surface area contributed by atoms with Crippen LogP contribution in [0.4, 0.5) is 10.2 Å². The molecule has 0 unspecified atom stereocenters. The number of hydrogen-bond acceptors (Lipinski definition) is 8. The van der Waals surface area contributed by atoms with E-state index >= 15 is 4.39 Å². The summed E-state index contributed by atoms with van der Waals surface area (Å²) in [7, 11) is 0. The van der Waals surface area contributed by atoms with E-state index in [2.05, 4.69) is 35.3 Å².